The number of aryl methyl sites for hydroxylation is 1. The molecule has 1 amide bonds. The fourth-order valence-corrected chi connectivity index (χ4v) is 4.06. The maximum Gasteiger partial charge on any atom is 0.240 e. The summed E-state index contributed by atoms with van der Waals surface area (Å²) in [6.07, 6.45) is 1.52. The lowest BCUT2D eigenvalue weighted by Gasteiger charge is -2.32. The van der Waals surface area contributed by atoms with E-state index >= 15 is 0 Å². The Hall–Kier alpha value is -2.94. The smallest absolute Gasteiger partial charge is 0.240 e. The summed E-state index contributed by atoms with van der Waals surface area (Å²) in [5.74, 6) is -0.0140. The molecule has 1 heterocycles. The van der Waals surface area contributed by atoms with E-state index in [-0.39, 0.29) is 11.4 Å². The summed E-state index contributed by atoms with van der Waals surface area (Å²) in [7, 11) is 0. The van der Waals surface area contributed by atoms with Gasteiger partial charge in [0.2, 0.25) is 5.91 Å². The molecule has 1 aliphatic rings. The van der Waals surface area contributed by atoms with Crippen LogP contribution < -0.4 is 0 Å². The molecule has 0 radical (unpaired) electrons. The third-order valence-electron chi connectivity index (χ3n) is 5.41. The van der Waals surface area contributed by atoms with Gasteiger partial charge < -0.3 is 0 Å². The number of hydrogen-bond acceptors (Lipinski definition) is 2. The SMILES string of the molecule is CC(=O)N1N=C(c2ccc(C)cc2)CC1(C)Cc1cccc2ccccc12. The molecule has 0 saturated carbocycles. The highest BCUT2D eigenvalue weighted by Gasteiger charge is 2.41. The number of carbonyl (C=O) groups excluding carboxylic acids is 1. The summed E-state index contributed by atoms with van der Waals surface area (Å²) < 4.78 is 0. The van der Waals surface area contributed by atoms with Gasteiger partial charge in [0.15, 0.2) is 0 Å². The van der Waals surface area contributed by atoms with Crippen molar-refractivity contribution in [1.29, 1.82) is 0 Å². The van der Waals surface area contributed by atoms with E-state index < -0.39 is 0 Å². The van der Waals surface area contributed by atoms with E-state index in [0.29, 0.717) is 0 Å². The van der Waals surface area contributed by atoms with Crippen LogP contribution in [0.15, 0.2) is 71.8 Å². The highest BCUT2D eigenvalue weighted by atomic mass is 16.2. The van der Waals surface area contributed by atoms with Gasteiger partial charge in [0, 0.05) is 13.3 Å². The van der Waals surface area contributed by atoms with Crippen LogP contribution in [-0.4, -0.2) is 22.2 Å². The number of rotatable bonds is 3. The first kappa shape index (κ1) is 17.5. The van der Waals surface area contributed by atoms with E-state index in [1.807, 2.05) is 0 Å². The summed E-state index contributed by atoms with van der Waals surface area (Å²) in [5, 5.41) is 8.87. The van der Waals surface area contributed by atoms with Crippen LogP contribution in [0.3, 0.4) is 0 Å². The molecule has 4 rings (SSSR count). The van der Waals surface area contributed by atoms with Gasteiger partial charge in [0.25, 0.3) is 0 Å². The molecule has 0 saturated heterocycles. The van der Waals surface area contributed by atoms with Gasteiger partial charge in [-0.25, -0.2) is 5.01 Å². The summed E-state index contributed by atoms with van der Waals surface area (Å²) in [5.41, 5.74) is 4.18. The fourth-order valence-electron chi connectivity index (χ4n) is 4.06. The lowest BCUT2D eigenvalue weighted by Crippen LogP contribution is -2.44. The molecule has 136 valence electrons. The lowest BCUT2D eigenvalue weighted by atomic mass is 9.85. The predicted molar refractivity (Wildman–Crippen MR) is 111 cm³/mol. The van der Waals surface area contributed by atoms with Gasteiger partial charge in [-0.1, -0.05) is 72.3 Å². The second-order valence-electron chi connectivity index (χ2n) is 7.73. The molecule has 3 nitrogen and oxygen atoms in total. The van der Waals surface area contributed by atoms with Crippen LogP contribution in [0.1, 0.15) is 37.0 Å². The van der Waals surface area contributed by atoms with Gasteiger partial charge in [-0.05, 0) is 42.2 Å². The van der Waals surface area contributed by atoms with E-state index in [9.17, 15) is 4.79 Å². The van der Waals surface area contributed by atoms with E-state index in [0.717, 1.165) is 24.1 Å². The molecule has 3 aromatic rings. The van der Waals surface area contributed by atoms with Crippen LogP contribution in [0, 0.1) is 6.92 Å². The number of carbonyl (C=O) groups is 1. The van der Waals surface area contributed by atoms with E-state index in [4.69, 9.17) is 5.10 Å². The first-order valence-electron chi connectivity index (χ1n) is 9.38. The lowest BCUT2D eigenvalue weighted by molar-refractivity contribution is -0.133. The number of hydrogen-bond donors (Lipinski definition) is 0. The topological polar surface area (TPSA) is 32.7 Å². The number of hydrazone groups is 1. The monoisotopic (exact) mass is 356 g/mol. The van der Waals surface area contributed by atoms with Crippen LogP contribution in [0.4, 0.5) is 0 Å². The van der Waals surface area contributed by atoms with Crippen molar-refractivity contribution in [2.75, 3.05) is 0 Å². The second-order valence-corrected chi connectivity index (χ2v) is 7.73. The molecular formula is C24H24N2O. The van der Waals surface area contributed by atoms with Crippen molar-refractivity contribution >= 4 is 22.4 Å². The molecule has 0 bridgehead atoms. The Morgan fingerprint density at radius 1 is 1.04 bits per heavy atom. The minimum absolute atomic E-state index is 0.0140. The van der Waals surface area contributed by atoms with Crippen molar-refractivity contribution in [2.24, 2.45) is 5.10 Å². The van der Waals surface area contributed by atoms with Gasteiger partial charge in [-0.3, -0.25) is 4.79 Å². The third-order valence-corrected chi connectivity index (χ3v) is 5.41. The summed E-state index contributed by atoms with van der Waals surface area (Å²) >= 11 is 0. The molecule has 1 unspecified atom stereocenters. The molecule has 0 N–H and O–H groups in total. The zero-order valence-electron chi connectivity index (χ0n) is 16.1. The highest BCUT2D eigenvalue weighted by molar-refractivity contribution is 6.03. The van der Waals surface area contributed by atoms with Crippen molar-refractivity contribution < 1.29 is 4.79 Å². The standard InChI is InChI=1S/C24H24N2O/c1-17-11-13-20(14-12-17)23-16-24(3,26(25-23)18(2)27)15-21-9-6-8-19-7-4-5-10-22(19)21/h4-14H,15-16H2,1-3H3. The molecule has 0 spiro atoms. The molecule has 0 aromatic heterocycles. The van der Waals surface area contributed by atoms with Crippen LogP contribution in [0.2, 0.25) is 0 Å². The van der Waals surface area contributed by atoms with Crippen LogP contribution in [0.5, 0.6) is 0 Å². The molecule has 3 aromatic carbocycles. The first-order chi connectivity index (χ1) is 13.0. The van der Waals surface area contributed by atoms with Crippen molar-refractivity contribution in [1.82, 2.24) is 5.01 Å². The number of nitrogens with zero attached hydrogens (tertiary/aromatic N) is 2. The summed E-state index contributed by atoms with van der Waals surface area (Å²) in [4.78, 5) is 12.4. The predicted octanol–water partition coefficient (Wildman–Crippen LogP) is 5.11. The quantitative estimate of drug-likeness (QED) is 0.642. The van der Waals surface area contributed by atoms with Gasteiger partial charge in [-0.2, -0.15) is 5.10 Å². The Morgan fingerprint density at radius 2 is 1.74 bits per heavy atom. The van der Waals surface area contributed by atoms with Crippen LogP contribution in [0.25, 0.3) is 10.8 Å². The van der Waals surface area contributed by atoms with Gasteiger partial charge in [-0.15, -0.1) is 0 Å². The summed E-state index contributed by atoms with van der Waals surface area (Å²) in [6.45, 7) is 5.82. The van der Waals surface area contributed by atoms with Crippen LogP contribution >= 0.6 is 0 Å². The molecule has 0 fully saturated rings. The Kier molecular flexibility index (Phi) is 4.31. The zero-order valence-corrected chi connectivity index (χ0v) is 16.1. The molecular weight excluding hydrogens is 332 g/mol. The van der Waals surface area contributed by atoms with Crippen molar-refractivity contribution in [3.05, 3.63) is 83.4 Å². The average molecular weight is 356 g/mol. The Morgan fingerprint density at radius 3 is 2.48 bits per heavy atom. The fraction of sp³-hybridized carbons (Fsp3) is 0.250. The third kappa shape index (κ3) is 3.25. The minimum atomic E-state index is -0.365. The average Bonchev–Trinajstić information content (AvgIpc) is 3.00. The van der Waals surface area contributed by atoms with Crippen molar-refractivity contribution in [3.63, 3.8) is 0 Å². The number of fused-ring (bicyclic) bond motifs is 1. The molecule has 0 aliphatic carbocycles. The minimum Gasteiger partial charge on any atom is -0.273 e. The van der Waals surface area contributed by atoms with E-state index in [2.05, 4.69) is 80.6 Å². The van der Waals surface area contributed by atoms with E-state index in [1.54, 1.807) is 11.9 Å². The van der Waals surface area contributed by atoms with Gasteiger partial charge >= 0.3 is 0 Å². The Labute approximate surface area is 160 Å². The largest absolute Gasteiger partial charge is 0.273 e. The normalized spacial score (nSPS) is 19.4. The van der Waals surface area contributed by atoms with Gasteiger partial charge in [0.05, 0.1) is 11.3 Å². The zero-order chi connectivity index (χ0) is 19.0. The molecule has 3 heteroatoms. The van der Waals surface area contributed by atoms with Crippen LogP contribution in [-0.2, 0) is 11.2 Å². The number of amides is 1. The van der Waals surface area contributed by atoms with Gasteiger partial charge in [0.1, 0.15) is 0 Å². The molecule has 1 atom stereocenters. The van der Waals surface area contributed by atoms with Crippen molar-refractivity contribution in [2.45, 2.75) is 39.2 Å². The maximum absolute atomic E-state index is 12.4. The highest BCUT2D eigenvalue weighted by Crippen LogP contribution is 2.35. The number of benzene rings is 3. The Bertz CT molecular complexity index is 1030. The van der Waals surface area contributed by atoms with Crippen molar-refractivity contribution in [3.8, 4) is 0 Å². The molecule has 27 heavy (non-hydrogen) atoms. The maximum atomic E-state index is 12.4. The van der Waals surface area contributed by atoms with E-state index in [1.165, 1.54) is 21.9 Å². The second kappa shape index (κ2) is 6.66. The molecule has 1 aliphatic heterocycles. The summed E-state index contributed by atoms with van der Waals surface area (Å²) in [6, 6.07) is 23.2. The Balaban J connectivity index is 1.70. The first-order valence-corrected chi connectivity index (χ1v) is 9.38.